The van der Waals surface area contributed by atoms with Crippen LogP contribution in [-0.4, -0.2) is 24.8 Å². The smallest absolute Gasteiger partial charge is 0.120 e. The lowest BCUT2D eigenvalue weighted by Gasteiger charge is -2.18. The quantitative estimate of drug-likeness (QED) is 0.345. The fourth-order valence-electron chi connectivity index (χ4n) is 2.83. The van der Waals surface area contributed by atoms with E-state index < -0.39 is 0 Å². The molecule has 0 radical (unpaired) electrons. The number of unbranched alkanes of at least 4 members (excludes halogenated alkanes) is 1. The lowest BCUT2D eigenvalue weighted by molar-refractivity contribution is -0.108. The number of aldehydes is 1. The minimum atomic E-state index is 0.278. The second-order valence-corrected chi connectivity index (χ2v) is 7.50. The number of allylic oxidation sites excluding steroid dienone is 7. The second-order valence-electron chi connectivity index (χ2n) is 6.65. The third kappa shape index (κ3) is 7.21. The average molecular weight is 394 g/mol. The number of rotatable bonds is 9. The lowest BCUT2D eigenvalue weighted by atomic mass is 9.91. The second kappa shape index (κ2) is 11.5. The van der Waals surface area contributed by atoms with Crippen LogP contribution in [0.2, 0.25) is 0 Å². The Morgan fingerprint density at radius 3 is 2.83 bits per heavy atom. The third-order valence-corrected chi connectivity index (χ3v) is 5.35. The highest BCUT2D eigenvalue weighted by atomic mass is 79.9. The van der Waals surface area contributed by atoms with Gasteiger partial charge in [0.05, 0.1) is 0 Å². The number of carbonyl (C=O) groups excluding carboxylic acids is 1. The van der Waals surface area contributed by atoms with Crippen molar-refractivity contribution in [1.29, 1.82) is 0 Å². The van der Waals surface area contributed by atoms with Crippen molar-refractivity contribution in [3.63, 3.8) is 0 Å². The first-order valence-corrected chi connectivity index (χ1v) is 9.85. The summed E-state index contributed by atoms with van der Waals surface area (Å²) >= 11 is 3.75. The zero-order valence-electron chi connectivity index (χ0n) is 15.6. The Bertz CT molecular complexity index is 528. The molecule has 0 spiro atoms. The molecule has 24 heavy (non-hydrogen) atoms. The average Bonchev–Trinajstić information content (AvgIpc) is 2.55. The summed E-state index contributed by atoms with van der Waals surface area (Å²) in [7, 11) is 2.10. The number of hydrogen-bond acceptors (Lipinski definition) is 2. The Morgan fingerprint density at radius 1 is 1.42 bits per heavy atom. The molecule has 0 N–H and O–H groups in total. The summed E-state index contributed by atoms with van der Waals surface area (Å²) in [5.74, 6) is 0.278. The van der Waals surface area contributed by atoms with Gasteiger partial charge < -0.3 is 9.69 Å². The monoisotopic (exact) mass is 393 g/mol. The van der Waals surface area contributed by atoms with Gasteiger partial charge in [-0.25, -0.2) is 0 Å². The minimum Gasteiger partial charge on any atom is -0.381 e. The van der Waals surface area contributed by atoms with Gasteiger partial charge >= 0.3 is 0 Å². The van der Waals surface area contributed by atoms with Crippen LogP contribution in [0.25, 0.3) is 0 Å². The van der Waals surface area contributed by atoms with E-state index in [1.165, 1.54) is 23.1 Å². The van der Waals surface area contributed by atoms with E-state index in [1.54, 1.807) is 0 Å². The minimum absolute atomic E-state index is 0.278. The fourth-order valence-corrected chi connectivity index (χ4v) is 3.65. The van der Waals surface area contributed by atoms with Gasteiger partial charge in [0.2, 0.25) is 0 Å². The summed E-state index contributed by atoms with van der Waals surface area (Å²) in [6, 6.07) is 0. The molecule has 0 fully saturated rings. The van der Waals surface area contributed by atoms with Gasteiger partial charge in [-0.05, 0) is 75.3 Å². The Hall–Kier alpha value is -1.09. The van der Waals surface area contributed by atoms with Crippen LogP contribution in [0.15, 0.2) is 45.6 Å². The van der Waals surface area contributed by atoms with Gasteiger partial charge in [-0.1, -0.05) is 40.6 Å². The van der Waals surface area contributed by atoms with E-state index in [9.17, 15) is 4.79 Å². The van der Waals surface area contributed by atoms with Crippen LogP contribution in [0.4, 0.5) is 0 Å². The summed E-state index contributed by atoms with van der Waals surface area (Å²) in [6.07, 6.45) is 16.2. The fraction of sp³-hybridized carbons (Fsp3) is 0.571. The number of carbonyl (C=O) groups is 1. The molecule has 0 aromatic heterocycles. The van der Waals surface area contributed by atoms with Crippen molar-refractivity contribution in [2.45, 2.75) is 59.3 Å². The van der Waals surface area contributed by atoms with E-state index in [1.807, 2.05) is 0 Å². The van der Waals surface area contributed by atoms with Gasteiger partial charge in [-0.15, -0.1) is 0 Å². The molecule has 0 saturated carbocycles. The van der Waals surface area contributed by atoms with Gasteiger partial charge in [0.1, 0.15) is 6.29 Å². The zero-order valence-corrected chi connectivity index (χ0v) is 17.2. The molecule has 2 nitrogen and oxygen atoms in total. The van der Waals surface area contributed by atoms with Crippen LogP contribution in [0, 0.1) is 5.92 Å². The van der Waals surface area contributed by atoms with E-state index in [0.29, 0.717) is 6.42 Å². The Labute approximate surface area is 156 Å². The summed E-state index contributed by atoms with van der Waals surface area (Å²) in [6.45, 7) is 7.58. The summed E-state index contributed by atoms with van der Waals surface area (Å²) in [5.41, 5.74) is 4.21. The Morgan fingerprint density at radius 2 is 2.17 bits per heavy atom. The van der Waals surface area contributed by atoms with Crippen molar-refractivity contribution in [3.05, 3.63) is 45.6 Å². The van der Waals surface area contributed by atoms with Crippen molar-refractivity contribution in [3.8, 4) is 0 Å². The molecule has 0 saturated heterocycles. The van der Waals surface area contributed by atoms with E-state index >= 15 is 0 Å². The molecule has 0 bridgehead atoms. The molecule has 134 valence electrons. The van der Waals surface area contributed by atoms with E-state index in [-0.39, 0.29) is 5.92 Å². The van der Waals surface area contributed by atoms with Gasteiger partial charge in [-0.2, -0.15) is 0 Å². The van der Waals surface area contributed by atoms with E-state index in [2.05, 4.69) is 73.1 Å². The first kappa shape index (κ1) is 21.0. The lowest BCUT2D eigenvalue weighted by Crippen LogP contribution is -2.08. The number of nitrogens with zero attached hydrogens (tertiary/aromatic N) is 1. The van der Waals surface area contributed by atoms with E-state index in [4.69, 9.17) is 0 Å². The maximum atomic E-state index is 10.8. The topological polar surface area (TPSA) is 20.3 Å². The molecule has 1 aliphatic carbocycles. The maximum Gasteiger partial charge on any atom is 0.120 e. The Balaban J connectivity index is 2.72. The first-order valence-electron chi connectivity index (χ1n) is 9.06. The summed E-state index contributed by atoms with van der Waals surface area (Å²) in [5, 5.41) is 0. The Kier molecular flexibility index (Phi) is 10.0. The molecule has 1 unspecified atom stereocenters. The highest BCUT2D eigenvalue weighted by Gasteiger charge is 2.14. The molecule has 0 amide bonds. The molecule has 1 rings (SSSR count). The van der Waals surface area contributed by atoms with Crippen molar-refractivity contribution >= 4 is 22.2 Å². The highest BCUT2D eigenvalue weighted by molar-refractivity contribution is 9.12. The molecule has 3 heteroatoms. The molecule has 1 aliphatic rings. The van der Waals surface area contributed by atoms with Crippen LogP contribution in [0.5, 0.6) is 0 Å². The standard InChI is InChI=1S/C21H32BrNO/c1-5-23(4)14-8-6-7-11-19-16-21(22)20(18(3)13-15-24)12-9-10-17(19)2/h8,12,14-16,18H,5-7,9-11,13H2,1-4H3. The SMILES string of the molecule is CCN(C)C=CCCCC1=C(C)CCC=C(C(C)CC=O)C(Br)=C1. The van der Waals surface area contributed by atoms with E-state index in [0.717, 1.165) is 43.0 Å². The van der Waals surface area contributed by atoms with Gasteiger partial charge in [-0.3, -0.25) is 0 Å². The highest BCUT2D eigenvalue weighted by Crippen LogP contribution is 2.33. The largest absolute Gasteiger partial charge is 0.381 e. The molecular formula is C21H32BrNO. The van der Waals surface area contributed by atoms with Crippen LogP contribution >= 0.6 is 15.9 Å². The molecule has 0 aromatic rings. The number of hydrogen-bond donors (Lipinski definition) is 0. The van der Waals surface area contributed by atoms with Crippen molar-refractivity contribution < 1.29 is 4.79 Å². The molecular weight excluding hydrogens is 362 g/mol. The third-order valence-electron chi connectivity index (χ3n) is 4.66. The number of halogens is 1. The predicted octanol–water partition coefficient (Wildman–Crippen LogP) is 6.16. The predicted molar refractivity (Wildman–Crippen MR) is 108 cm³/mol. The molecule has 0 aromatic carbocycles. The van der Waals surface area contributed by atoms with Crippen molar-refractivity contribution in [1.82, 2.24) is 4.90 Å². The van der Waals surface area contributed by atoms with Crippen LogP contribution < -0.4 is 0 Å². The first-order chi connectivity index (χ1) is 11.5. The van der Waals surface area contributed by atoms with Gasteiger partial charge in [0, 0.05) is 24.5 Å². The summed E-state index contributed by atoms with van der Waals surface area (Å²) < 4.78 is 1.15. The summed E-state index contributed by atoms with van der Waals surface area (Å²) in [4.78, 5) is 13.0. The maximum absolute atomic E-state index is 10.8. The van der Waals surface area contributed by atoms with Gasteiger partial charge in [0.15, 0.2) is 0 Å². The van der Waals surface area contributed by atoms with Crippen molar-refractivity contribution in [2.75, 3.05) is 13.6 Å². The molecule has 1 atom stereocenters. The molecule has 0 heterocycles. The van der Waals surface area contributed by atoms with Crippen LogP contribution in [0.3, 0.4) is 0 Å². The van der Waals surface area contributed by atoms with Crippen LogP contribution in [-0.2, 0) is 4.79 Å². The van der Waals surface area contributed by atoms with Gasteiger partial charge in [0.25, 0.3) is 0 Å². The normalized spacial score (nSPS) is 17.2. The van der Waals surface area contributed by atoms with Crippen LogP contribution in [0.1, 0.15) is 59.3 Å². The molecule has 0 aliphatic heterocycles. The zero-order chi connectivity index (χ0) is 17.9. The van der Waals surface area contributed by atoms with Crippen molar-refractivity contribution in [2.24, 2.45) is 5.92 Å².